The Balaban J connectivity index is 1.92. The summed E-state index contributed by atoms with van der Waals surface area (Å²) in [4.78, 5) is 0. The first-order chi connectivity index (χ1) is 10.2. The summed E-state index contributed by atoms with van der Waals surface area (Å²) in [5.41, 5.74) is 0.915. The van der Waals surface area contributed by atoms with E-state index in [9.17, 15) is 5.11 Å². The SMILES string of the molecule is CCCCC1CCC(C(O)c2ccc(OC)c(Cl)c2)CC1. The molecule has 118 valence electrons. The van der Waals surface area contributed by atoms with Crippen LogP contribution in [0.25, 0.3) is 0 Å². The fourth-order valence-electron chi connectivity index (χ4n) is 3.42. The number of hydrogen-bond acceptors (Lipinski definition) is 2. The molecule has 0 heterocycles. The van der Waals surface area contributed by atoms with Crippen molar-refractivity contribution in [2.75, 3.05) is 7.11 Å². The molecule has 1 unspecified atom stereocenters. The normalized spacial score (nSPS) is 23.8. The van der Waals surface area contributed by atoms with Gasteiger partial charge in [0.25, 0.3) is 0 Å². The van der Waals surface area contributed by atoms with Gasteiger partial charge in [-0.15, -0.1) is 0 Å². The van der Waals surface area contributed by atoms with Crippen LogP contribution in [0.15, 0.2) is 18.2 Å². The van der Waals surface area contributed by atoms with Gasteiger partial charge < -0.3 is 9.84 Å². The van der Waals surface area contributed by atoms with E-state index in [4.69, 9.17) is 16.3 Å². The predicted octanol–water partition coefficient (Wildman–Crippen LogP) is 5.38. The molecule has 3 heteroatoms. The molecule has 1 aromatic carbocycles. The Labute approximate surface area is 133 Å². The number of hydrogen-bond donors (Lipinski definition) is 1. The standard InChI is InChI=1S/C18H27ClO2/c1-3-4-5-13-6-8-14(9-7-13)18(20)15-10-11-17(21-2)16(19)12-15/h10-14,18,20H,3-9H2,1-2H3. The van der Waals surface area contributed by atoms with Gasteiger partial charge in [-0.05, 0) is 42.4 Å². The smallest absolute Gasteiger partial charge is 0.137 e. The third-order valence-electron chi connectivity index (χ3n) is 4.82. The summed E-state index contributed by atoms with van der Waals surface area (Å²) >= 11 is 6.16. The summed E-state index contributed by atoms with van der Waals surface area (Å²) in [6, 6.07) is 5.61. The van der Waals surface area contributed by atoms with Crippen molar-refractivity contribution in [3.8, 4) is 5.75 Å². The Morgan fingerprint density at radius 3 is 2.57 bits per heavy atom. The molecule has 0 aliphatic heterocycles. The Bertz CT molecular complexity index is 439. The van der Waals surface area contributed by atoms with Crippen molar-refractivity contribution < 1.29 is 9.84 Å². The molecule has 2 rings (SSSR count). The number of rotatable bonds is 6. The van der Waals surface area contributed by atoms with Gasteiger partial charge in [0, 0.05) is 0 Å². The van der Waals surface area contributed by atoms with Crippen LogP contribution in [0, 0.1) is 11.8 Å². The van der Waals surface area contributed by atoms with Gasteiger partial charge in [0.2, 0.25) is 0 Å². The molecule has 1 aliphatic rings. The summed E-state index contributed by atoms with van der Waals surface area (Å²) in [6.45, 7) is 2.25. The molecular weight excluding hydrogens is 284 g/mol. The van der Waals surface area contributed by atoms with Crippen LogP contribution in [-0.2, 0) is 0 Å². The number of benzene rings is 1. The molecule has 0 spiro atoms. The lowest BCUT2D eigenvalue weighted by molar-refractivity contribution is 0.0720. The first-order valence-corrected chi connectivity index (χ1v) is 8.55. The average Bonchev–Trinajstić information content (AvgIpc) is 2.52. The number of halogens is 1. The Kier molecular flexibility index (Phi) is 6.38. The lowest BCUT2D eigenvalue weighted by Gasteiger charge is -2.31. The van der Waals surface area contributed by atoms with Crippen LogP contribution in [0.2, 0.25) is 5.02 Å². The molecule has 0 amide bonds. The lowest BCUT2D eigenvalue weighted by Crippen LogP contribution is -2.20. The first kappa shape index (κ1) is 16.6. The molecule has 1 aliphatic carbocycles. The van der Waals surface area contributed by atoms with Crippen molar-refractivity contribution in [3.05, 3.63) is 28.8 Å². The van der Waals surface area contributed by atoms with E-state index in [0.29, 0.717) is 16.7 Å². The van der Waals surface area contributed by atoms with Crippen molar-refractivity contribution in [3.63, 3.8) is 0 Å². The van der Waals surface area contributed by atoms with Gasteiger partial charge in [0.05, 0.1) is 18.2 Å². The van der Waals surface area contributed by atoms with Gasteiger partial charge in [-0.25, -0.2) is 0 Å². The highest BCUT2D eigenvalue weighted by Gasteiger charge is 2.27. The third kappa shape index (κ3) is 4.37. The van der Waals surface area contributed by atoms with E-state index in [0.717, 1.165) is 24.3 Å². The highest BCUT2D eigenvalue weighted by atomic mass is 35.5. The minimum atomic E-state index is -0.402. The summed E-state index contributed by atoms with van der Waals surface area (Å²) in [5, 5.41) is 11.2. The Morgan fingerprint density at radius 1 is 1.29 bits per heavy atom. The molecule has 21 heavy (non-hydrogen) atoms. The molecule has 0 bridgehead atoms. The van der Waals surface area contributed by atoms with Crippen molar-refractivity contribution in [2.24, 2.45) is 11.8 Å². The monoisotopic (exact) mass is 310 g/mol. The van der Waals surface area contributed by atoms with Crippen LogP contribution < -0.4 is 4.74 Å². The van der Waals surface area contributed by atoms with Gasteiger partial charge in [-0.1, -0.05) is 56.7 Å². The maximum absolute atomic E-state index is 10.6. The van der Waals surface area contributed by atoms with E-state index < -0.39 is 6.10 Å². The average molecular weight is 311 g/mol. The number of methoxy groups -OCH3 is 1. The van der Waals surface area contributed by atoms with Gasteiger partial charge in [0.1, 0.15) is 5.75 Å². The minimum Gasteiger partial charge on any atom is -0.495 e. The molecule has 2 nitrogen and oxygen atoms in total. The highest BCUT2D eigenvalue weighted by Crippen LogP contribution is 2.39. The van der Waals surface area contributed by atoms with E-state index >= 15 is 0 Å². The molecule has 1 aromatic rings. The van der Waals surface area contributed by atoms with E-state index in [1.165, 1.54) is 32.1 Å². The fraction of sp³-hybridized carbons (Fsp3) is 0.667. The summed E-state index contributed by atoms with van der Waals surface area (Å²) in [5.74, 6) is 1.90. The van der Waals surface area contributed by atoms with Crippen LogP contribution in [0.4, 0.5) is 0 Å². The molecule has 0 saturated heterocycles. The molecule has 1 atom stereocenters. The van der Waals surface area contributed by atoms with Crippen molar-refractivity contribution in [1.29, 1.82) is 0 Å². The molecule has 1 N–H and O–H groups in total. The number of aliphatic hydroxyl groups excluding tert-OH is 1. The summed E-state index contributed by atoms with van der Waals surface area (Å²) in [7, 11) is 1.61. The van der Waals surface area contributed by atoms with Crippen molar-refractivity contribution in [1.82, 2.24) is 0 Å². The van der Waals surface area contributed by atoms with E-state index in [1.54, 1.807) is 7.11 Å². The summed E-state index contributed by atoms with van der Waals surface area (Å²) in [6.07, 6.45) is 8.34. The Morgan fingerprint density at radius 2 is 2.00 bits per heavy atom. The summed E-state index contributed by atoms with van der Waals surface area (Å²) < 4.78 is 5.16. The zero-order valence-corrected chi connectivity index (χ0v) is 13.9. The van der Waals surface area contributed by atoms with E-state index in [1.807, 2.05) is 18.2 Å². The number of unbranched alkanes of at least 4 members (excludes halogenated alkanes) is 1. The minimum absolute atomic E-state index is 0.368. The zero-order valence-electron chi connectivity index (χ0n) is 13.1. The lowest BCUT2D eigenvalue weighted by atomic mass is 9.76. The second-order valence-electron chi connectivity index (χ2n) is 6.26. The van der Waals surface area contributed by atoms with Crippen LogP contribution >= 0.6 is 11.6 Å². The van der Waals surface area contributed by atoms with Crippen LogP contribution in [0.5, 0.6) is 5.75 Å². The van der Waals surface area contributed by atoms with Crippen molar-refractivity contribution in [2.45, 2.75) is 58.0 Å². The van der Waals surface area contributed by atoms with E-state index in [-0.39, 0.29) is 0 Å². The highest BCUT2D eigenvalue weighted by molar-refractivity contribution is 6.32. The second-order valence-corrected chi connectivity index (χ2v) is 6.67. The van der Waals surface area contributed by atoms with Gasteiger partial charge in [-0.2, -0.15) is 0 Å². The van der Waals surface area contributed by atoms with Gasteiger partial charge in [-0.3, -0.25) is 0 Å². The number of aliphatic hydroxyl groups is 1. The number of ether oxygens (including phenoxy) is 1. The quantitative estimate of drug-likeness (QED) is 0.764. The Hall–Kier alpha value is -0.730. The maximum Gasteiger partial charge on any atom is 0.137 e. The third-order valence-corrected chi connectivity index (χ3v) is 5.12. The molecule has 1 fully saturated rings. The second kappa shape index (κ2) is 8.05. The molecule has 1 saturated carbocycles. The molecule has 0 aromatic heterocycles. The van der Waals surface area contributed by atoms with Crippen LogP contribution in [0.3, 0.4) is 0 Å². The molecule has 0 radical (unpaired) electrons. The zero-order chi connectivity index (χ0) is 15.2. The van der Waals surface area contributed by atoms with Crippen molar-refractivity contribution >= 4 is 11.6 Å². The van der Waals surface area contributed by atoms with Gasteiger partial charge >= 0.3 is 0 Å². The first-order valence-electron chi connectivity index (χ1n) is 8.17. The van der Waals surface area contributed by atoms with E-state index in [2.05, 4.69) is 6.92 Å². The largest absolute Gasteiger partial charge is 0.495 e. The predicted molar refractivity (Wildman–Crippen MR) is 87.9 cm³/mol. The van der Waals surface area contributed by atoms with Crippen LogP contribution in [0.1, 0.15) is 63.5 Å². The topological polar surface area (TPSA) is 29.5 Å². The molecular formula is C18H27ClO2. The van der Waals surface area contributed by atoms with Crippen LogP contribution in [-0.4, -0.2) is 12.2 Å². The van der Waals surface area contributed by atoms with Gasteiger partial charge in [0.15, 0.2) is 0 Å². The maximum atomic E-state index is 10.6. The fourth-order valence-corrected chi connectivity index (χ4v) is 3.69.